The quantitative estimate of drug-likeness (QED) is 0.888. The highest BCUT2D eigenvalue weighted by Gasteiger charge is 2.40. The highest BCUT2D eigenvalue weighted by molar-refractivity contribution is 6.03. The molecule has 2 aromatic rings. The van der Waals surface area contributed by atoms with Crippen LogP contribution in [0.1, 0.15) is 16.8 Å². The van der Waals surface area contributed by atoms with E-state index in [1.54, 1.807) is 30.1 Å². The van der Waals surface area contributed by atoms with Gasteiger partial charge in [0.25, 0.3) is 0 Å². The van der Waals surface area contributed by atoms with Gasteiger partial charge in [0.15, 0.2) is 0 Å². The summed E-state index contributed by atoms with van der Waals surface area (Å²) in [4.78, 5) is 32.1. The summed E-state index contributed by atoms with van der Waals surface area (Å²) in [6.45, 7) is 1.59. The first-order valence-electron chi connectivity index (χ1n) is 8.30. The van der Waals surface area contributed by atoms with E-state index in [0.29, 0.717) is 42.8 Å². The van der Waals surface area contributed by atoms with Gasteiger partial charge >= 0.3 is 5.97 Å². The summed E-state index contributed by atoms with van der Waals surface area (Å²) >= 11 is 0. The number of benzene rings is 1. The maximum absolute atomic E-state index is 12.1. The van der Waals surface area contributed by atoms with Crippen LogP contribution >= 0.6 is 0 Å². The molecule has 2 fully saturated rings. The second-order valence-corrected chi connectivity index (χ2v) is 6.49. The first-order valence-corrected chi connectivity index (χ1v) is 8.30. The fourth-order valence-electron chi connectivity index (χ4n) is 3.64. The number of hydrogen-bond donors (Lipinski definition) is 1. The van der Waals surface area contributed by atoms with Gasteiger partial charge in [-0.05, 0) is 12.1 Å². The standard InChI is InChI=1S/C18H19N3O4/c1-20-14-9-21(10-15(14)25-7-6-17(20)22)16-8-12(18(23)24)11-4-2-3-5-13(11)19-16/h2-5,8,14-15H,6-7,9-10H2,1H3,(H,23,24)/t14-,15-/m0/s1. The minimum Gasteiger partial charge on any atom is -0.478 e. The number of fused-ring (bicyclic) bond motifs is 2. The Kier molecular flexibility index (Phi) is 3.80. The minimum absolute atomic E-state index is 0.0449. The van der Waals surface area contributed by atoms with Crippen LogP contribution in [0.4, 0.5) is 5.82 Å². The summed E-state index contributed by atoms with van der Waals surface area (Å²) in [5, 5.41) is 10.2. The van der Waals surface area contributed by atoms with E-state index in [9.17, 15) is 14.7 Å². The Balaban J connectivity index is 1.71. The lowest BCUT2D eigenvalue weighted by molar-refractivity contribution is -0.130. The number of ether oxygens (including phenoxy) is 1. The lowest BCUT2D eigenvalue weighted by Crippen LogP contribution is -2.42. The molecule has 1 aromatic carbocycles. The molecule has 0 spiro atoms. The average Bonchev–Trinajstić information content (AvgIpc) is 2.98. The molecule has 0 radical (unpaired) electrons. The number of aromatic nitrogens is 1. The molecule has 2 atom stereocenters. The summed E-state index contributed by atoms with van der Waals surface area (Å²) < 4.78 is 5.84. The van der Waals surface area contributed by atoms with Gasteiger partial charge in [0.1, 0.15) is 5.82 Å². The molecule has 7 heteroatoms. The third-order valence-electron chi connectivity index (χ3n) is 5.03. The van der Waals surface area contributed by atoms with Crippen LogP contribution in [0.2, 0.25) is 0 Å². The summed E-state index contributed by atoms with van der Waals surface area (Å²) in [5.74, 6) is -0.294. The zero-order chi connectivity index (χ0) is 17.6. The Morgan fingerprint density at radius 2 is 2.12 bits per heavy atom. The fraction of sp³-hybridized carbons (Fsp3) is 0.389. The van der Waals surface area contributed by atoms with Crippen molar-refractivity contribution in [2.24, 2.45) is 0 Å². The SMILES string of the molecule is CN1C(=O)CCO[C@H]2CN(c3cc(C(=O)O)c4ccccc4n3)C[C@@H]21. The molecule has 0 unspecified atom stereocenters. The van der Waals surface area contributed by atoms with Crippen molar-refractivity contribution < 1.29 is 19.4 Å². The van der Waals surface area contributed by atoms with Crippen LogP contribution in [-0.4, -0.2) is 65.8 Å². The van der Waals surface area contributed by atoms with Gasteiger partial charge in [-0.2, -0.15) is 0 Å². The molecule has 7 nitrogen and oxygen atoms in total. The molecular weight excluding hydrogens is 322 g/mol. The van der Waals surface area contributed by atoms with Gasteiger partial charge in [0.2, 0.25) is 5.91 Å². The van der Waals surface area contributed by atoms with Crippen LogP contribution in [0.3, 0.4) is 0 Å². The highest BCUT2D eigenvalue weighted by Crippen LogP contribution is 2.29. The molecule has 2 saturated heterocycles. The van der Waals surface area contributed by atoms with Crippen LogP contribution in [0.25, 0.3) is 10.9 Å². The van der Waals surface area contributed by atoms with Gasteiger partial charge in [-0.25, -0.2) is 9.78 Å². The van der Waals surface area contributed by atoms with Crippen LogP contribution in [-0.2, 0) is 9.53 Å². The Morgan fingerprint density at radius 1 is 1.32 bits per heavy atom. The van der Waals surface area contributed by atoms with E-state index < -0.39 is 5.97 Å². The third-order valence-corrected chi connectivity index (χ3v) is 5.03. The molecule has 25 heavy (non-hydrogen) atoms. The van der Waals surface area contributed by atoms with E-state index in [0.717, 1.165) is 0 Å². The predicted octanol–water partition coefficient (Wildman–Crippen LogP) is 1.37. The molecule has 0 saturated carbocycles. The number of anilines is 1. The molecular formula is C18H19N3O4. The van der Waals surface area contributed by atoms with Gasteiger partial charge in [-0.1, -0.05) is 18.2 Å². The number of carbonyl (C=O) groups excluding carboxylic acids is 1. The normalized spacial score (nSPS) is 23.6. The van der Waals surface area contributed by atoms with Crippen molar-refractivity contribution in [2.75, 3.05) is 31.6 Å². The first kappa shape index (κ1) is 15.8. The second-order valence-electron chi connectivity index (χ2n) is 6.49. The lowest BCUT2D eigenvalue weighted by atomic mass is 10.1. The van der Waals surface area contributed by atoms with Crippen molar-refractivity contribution in [3.8, 4) is 0 Å². The van der Waals surface area contributed by atoms with Gasteiger partial charge in [-0.3, -0.25) is 4.79 Å². The first-order chi connectivity index (χ1) is 12.0. The number of aromatic carboxylic acids is 1. The largest absolute Gasteiger partial charge is 0.478 e. The zero-order valence-corrected chi connectivity index (χ0v) is 13.9. The molecule has 2 aliphatic heterocycles. The van der Waals surface area contributed by atoms with Crippen LogP contribution in [0, 0.1) is 0 Å². The number of likely N-dealkylation sites (N-methyl/N-ethyl adjacent to an activating group) is 1. The Hall–Kier alpha value is -2.67. The monoisotopic (exact) mass is 341 g/mol. The smallest absolute Gasteiger partial charge is 0.336 e. The molecule has 1 N–H and O–H groups in total. The summed E-state index contributed by atoms with van der Waals surface area (Å²) in [5.41, 5.74) is 0.882. The van der Waals surface area contributed by atoms with E-state index in [-0.39, 0.29) is 23.6 Å². The van der Waals surface area contributed by atoms with E-state index in [4.69, 9.17) is 4.74 Å². The van der Waals surface area contributed by atoms with Gasteiger partial charge < -0.3 is 19.6 Å². The molecule has 130 valence electrons. The van der Waals surface area contributed by atoms with Crippen molar-refractivity contribution in [3.05, 3.63) is 35.9 Å². The molecule has 3 heterocycles. The number of pyridine rings is 1. The number of para-hydroxylation sites is 1. The third kappa shape index (κ3) is 2.70. The molecule has 0 aliphatic carbocycles. The van der Waals surface area contributed by atoms with Crippen molar-refractivity contribution in [1.82, 2.24) is 9.88 Å². The summed E-state index contributed by atoms with van der Waals surface area (Å²) in [6, 6.07) is 8.78. The summed E-state index contributed by atoms with van der Waals surface area (Å²) in [7, 11) is 1.80. The number of amides is 1. The van der Waals surface area contributed by atoms with E-state index in [1.165, 1.54) is 0 Å². The fourth-order valence-corrected chi connectivity index (χ4v) is 3.64. The Bertz CT molecular complexity index is 853. The van der Waals surface area contributed by atoms with Crippen LogP contribution in [0.5, 0.6) is 0 Å². The molecule has 1 amide bonds. The second kappa shape index (κ2) is 6.00. The summed E-state index contributed by atoms with van der Waals surface area (Å²) in [6.07, 6.45) is 0.318. The number of rotatable bonds is 2. The number of nitrogens with zero attached hydrogens (tertiary/aromatic N) is 3. The zero-order valence-electron chi connectivity index (χ0n) is 13.9. The van der Waals surface area contributed by atoms with E-state index >= 15 is 0 Å². The van der Waals surface area contributed by atoms with Crippen molar-refractivity contribution in [2.45, 2.75) is 18.6 Å². The average molecular weight is 341 g/mol. The van der Waals surface area contributed by atoms with Crippen molar-refractivity contribution in [1.29, 1.82) is 0 Å². The molecule has 4 rings (SSSR count). The number of carbonyl (C=O) groups is 2. The molecule has 1 aromatic heterocycles. The number of carboxylic acids is 1. The van der Waals surface area contributed by atoms with Crippen LogP contribution in [0.15, 0.2) is 30.3 Å². The topological polar surface area (TPSA) is 83.0 Å². The van der Waals surface area contributed by atoms with Gasteiger partial charge in [0, 0.05) is 25.5 Å². The maximum Gasteiger partial charge on any atom is 0.336 e. The van der Waals surface area contributed by atoms with Crippen molar-refractivity contribution in [3.63, 3.8) is 0 Å². The van der Waals surface area contributed by atoms with E-state index in [2.05, 4.69) is 4.98 Å². The minimum atomic E-state index is -0.975. The molecule has 2 aliphatic rings. The van der Waals surface area contributed by atoms with Crippen LogP contribution < -0.4 is 4.90 Å². The number of carboxylic acid groups (broad SMARTS) is 1. The Labute approximate surface area is 144 Å². The Morgan fingerprint density at radius 3 is 2.92 bits per heavy atom. The van der Waals surface area contributed by atoms with Gasteiger partial charge in [0.05, 0.1) is 36.3 Å². The van der Waals surface area contributed by atoms with E-state index in [1.807, 2.05) is 17.0 Å². The highest BCUT2D eigenvalue weighted by atomic mass is 16.5. The molecule has 0 bridgehead atoms. The van der Waals surface area contributed by atoms with Gasteiger partial charge in [-0.15, -0.1) is 0 Å². The van der Waals surface area contributed by atoms with Crippen molar-refractivity contribution >= 4 is 28.6 Å². The number of hydrogen-bond acceptors (Lipinski definition) is 5. The maximum atomic E-state index is 12.1. The predicted molar refractivity (Wildman–Crippen MR) is 91.8 cm³/mol. The lowest BCUT2D eigenvalue weighted by Gasteiger charge is -2.25.